The van der Waals surface area contributed by atoms with Crippen molar-refractivity contribution in [3.8, 4) is 11.5 Å². The zero-order chi connectivity index (χ0) is 20.2. The molecule has 29 heavy (non-hydrogen) atoms. The van der Waals surface area contributed by atoms with Crippen LogP contribution in [0.1, 0.15) is 30.9 Å². The molecular formula is C21H19BrClN3O2S. The summed E-state index contributed by atoms with van der Waals surface area (Å²) < 4.78 is 6.69. The molecule has 2 aromatic carbocycles. The number of thioether (sulfide) groups is 1. The van der Waals surface area contributed by atoms with E-state index in [1.54, 1.807) is 12.1 Å². The fourth-order valence-corrected chi connectivity index (χ4v) is 4.20. The number of carbonyl (C=O) groups excluding carboxylic acids is 1. The average Bonchev–Trinajstić information content (AvgIpc) is 3.15. The molecule has 1 aliphatic carbocycles. The van der Waals surface area contributed by atoms with Gasteiger partial charge in [0.05, 0.1) is 11.8 Å². The summed E-state index contributed by atoms with van der Waals surface area (Å²) in [5.74, 6) is 1.08. The van der Waals surface area contributed by atoms with Crippen LogP contribution in [0.15, 0.2) is 62.6 Å². The van der Waals surface area contributed by atoms with Crippen LogP contribution >= 0.6 is 39.3 Å². The third-order valence-electron chi connectivity index (χ3n) is 4.99. The van der Waals surface area contributed by atoms with Crippen LogP contribution in [-0.2, 0) is 4.79 Å². The molecule has 4 rings (SSSR count). The standard InChI is InChI=1S/C21H19BrClN3O2S/c22-16-8-4-14(5-9-16)19(13-2-1-3-13)24-18(27)12-29-21-26-25-20(28-21)15-6-10-17(23)11-7-15/h4-11,13,19H,1-3,12H2,(H,24,27). The van der Waals surface area contributed by atoms with E-state index in [1.165, 1.54) is 18.2 Å². The Bertz CT molecular complexity index is 974. The van der Waals surface area contributed by atoms with E-state index in [9.17, 15) is 4.79 Å². The van der Waals surface area contributed by atoms with E-state index in [0.717, 1.165) is 28.4 Å². The number of amides is 1. The zero-order valence-electron chi connectivity index (χ0n) is 15.5. The molecular weight excluding hydrogens is 474 g/mol. The molecule has 0 radical (unpaired) electrons. The third kappa shape index (κ3) is 5.21. The van der Waals surface area contributed by atoms with E-state index < -0.39 is 0 Å². The highest BCUT2D eigenvalue weighted by Crippen LogP contribution is 2.38. The summed E-state index contributed by atoms with van der Waals surface area (Å²) in [6.07, 6.45) is 3.50. The van der Waals surface area contributed by atoms with Gasteiger partial charge in [-0.3, -0.25) is 4.79 Å². The number of aromatic nitrogens is 2. The van der Waals surface area contributed by atoms with Gasteiger partial charge in [0.1, 0.15) is 0 Å². The SMILES string of the molecule is O=C(CSc1nnc(-c2ccc(Cl)cc2)o1)NC(c1ccc(Br)cc1)C1CCC1. The summed E-state index contributed by atoms with van der Waals surface area (Å²) in [6, 6.07) is 15.4. The summed E-state index contributed by atoms with van der Waals surface area (Å²) >= 11 is 10.6. The molecule has 1 N–H and O–H groups in total. The normalized spacial score (nSPS) is 15.0. The van der Waals surface area contributed by atoms with Crippen molar-refractivity contribution >= 4 is 45.2 Å². The molecule has 8 heteroatoms. The first-order valence-corrected chi connectivity index (χ1v) is 11.5. The Morgan fingerprint density at radius 3 is 2.55 bits per heavy atom. The van der Waals surface area contributed by atoms with E-state index in [-0.39, 0.29) is 17.7 Å². The minimum Gasteiger partial charge on any atom is -0.411 e. The molecule has 0 saturated heterocycles. The number of nitrogens with one attached hydrogen (secondary N) is 1. The van der Waals surface area contributed by atoms with Gasteiger partial charge in [-0.15, -0.1) is 10.2 Å². The smallest absolute Gasteiger partial charge is 0.277 e. The maximum absolute atomic E-state index is 12.6. The Morgan fingerprint density at radius 2 is 1.90 bits per heavy atom. The van der Waals surface area contributed by atoms with Gasteiger partial charge in [-0.25, -0.2) is 0 Å². The lowest BCUT2D eigenvalue weighted by Gasteiger charge is -2.34. The first-order valence-electron chi connectivity index (χ1n) is 9.35. The van der Waals surface area contributed by atoms with Gasteiger partial charge in [0, 0.05) is 15.1 Å². The molecule has 1 aromatic heterocycles. The highest BCUT2D eigenvalue weighted by molar-refractivity contribution is 9.10. The lowest BCUT2D eigenvalue weighted by molar-refractivity contribution is -0.119. The van der Waals surface area contributed by atoms with Crippen molar-refractivity contribution in [3.05, 3.63) is 63.6 Å². The summed E-state index contributed by atoms with van der Waals surface area (Å²) in [7, 11) is 0. The molecule has 3 aromatic rings. The van der Waals surface area contributed by atoms with E-state index in [4.69, 9.17) is 16.0 Å². The first kappa shape index (κ1) is 20.4. The van der Waals surface area contributed by atoms with E-state index in [2.05, 4.69) is 43.6 Å². The highest BCUT2D eigenvalue weighted by atomic mass is 79.9. The molecule has 1 amide bonds. The predicted octanol–water partition coefficient (Wildman–Crippen LogP) is 5.90. The number of hydrogen-bond acceptors (Lipinski definition) is 5. The lowest BCUT2D eigenvalue weighted by atomic mass is 9.77. The van der Waals surface area contributed by atoms with Crippen LogP contribution in [0.25, 0.3) is 11.5 Å². The second-order valence-corrected chi connectivity index (χ2v) is 9.24. The molecule has 0 aliphatic heterocycles. The van der Waals surface area contributed by atoms with Crippen LogP contribution in [-0.4, -0.2) is 21.9 Å². The summed E-state index contributed by atoms with van der Waals surface area (Å²) in [5, 5.41) is 12.3. The Kier molecular flexibility index (Phi) is 6.57. The quantitative estimate of drug-likeness (QED) is 0.416. The monoisotopic (exact) mass is 491 g/mol. The van der Waals surface area contributed by atoms with Crippen LogP contribution in [0.5, 0.6) is 0 Å². The molecule has 1 unspecified atom stereocenters. The van der Waals surface area contributed by atoms with Gasteiger partial charge in [-0.05, 0) is 60.7 Å². The summed E-state index contributed by atoms with van der Waals surface area (Å²) in [4.78, 5) is 12.6. The highest BCUT2D eigenvalue weighted by Gasteiger charge is 2.29. The van der Waals surface area contributed by atoms with E-state index in [0.29, 0.717) is 22.1 Å². The fourth-order valence-electron chi connectivity index (χ4n) is 3.24. The topological polar surface area (TPSA) is 68.0 Å². The van der Waals surface area contributed by atoms with Crippen molar-refractivity contribution in [2.75, 3.05) is 5.75 Å². The summed E-state index contributed by atoms with van der Waals surface area (Å²) in [6.45, 7) is 0. The molecule has 1 heterocycles. The number of nitrogens with zero attached hydrogens (tertiary/aromatic N) is 2. The molecule has 0 spiro atoms. The van der Waals surface area contributed by atoms with Crippen LogP contribution < -0.4 is 5.32 Å². The maximum atomic E-state index is 12.6. The lowest BCUT2D eigenvalue weighted by Crippen LogP contribution is -2.37. The average molecular weight is 493 g/mol. The fraction of sp³-hybridized carbons (Fsp3) is 0.286. The Balaban J connectivity index is 1.36. The maximum Gasteiger partial charge on any atom is 0.277 e. The van der Waals surface area contributed by atoms with Gasteiger partial charge < -0.3 is 9.73 Å². The van der Waals surface area contributed by atoms with E-state index >= 15 is 0 Å². The minimum absolute atomic E-state index is 0.0391. The number of halogens is 2. The second-order valence-electron chi connectivity index (χ2n) is 6.96. The molecule has 5 nitrogen and oxygen atoms in total. The van der Waals surface area contributed by atoms with Crippen molar-refractivity contribution in [3.63, 3.8) is 0 Å². The van der Waals surface area contributed by atoms with Gasteiger partial charge in [-0.2, -0.15) is 0 Å². The first-order chi connectivity index (χ1) is 14.1. The Hall–Kier alpha value is -1.83. The van der Waals surface area contributed by atoms with E-state index in [1.807, 2.05) is 24.3 Å². The molecule has 1 fully saturated rings. The number of benzene rings is 2. The van der Waals surface area contributed by atoms with Gasteiger partial charge >= 0.3 is 0 Å². The number of carbonyl (C=O) groups is 1. The van der Waals surface area contributed by atoms with Gasteiger partial charge in [0.2, 0.25) is 11.8 Å². The molecule has 150 valence electrons. The second kappa shape index (κ2) is 9.32. The van der Waals surface area contributed by atoms with Crippen LogP contribution in [0.3, 0.4) is 0 Å². The Morgan fingerprint density at radius 1 is 1.17 bits per heavy atom. The van der Waals surface area contributed by atoms with Crippen molar-refractivity contribution in [1.29, 1.82) is 0 Å². The molecule has 1 atom stereocenters. The molecule has 1 aliphatic rings. The third-order valence-corrected chi connectivity index (χ3v) is 6.59. The van der Waals surface area contributed by atoms with Crippen LogP contribution in [0.4, 0.5) is 0 Å². The van der Waals surface area contributed by atoms with Crippen molar-refractivity contribution in [2.24, 2.45) is 5.92 Å². The Labute approximate surface area is 186 Å². The zero-order valence-corrected chi connectivity index (χ0v) is 18.6. The van der Waals surface area contributed by atoms with Gasteiger partial charge in [0.15, 0.2) is 0 Å². The van der Waals surface area contributed by atoms with Crippen LogP contribution in [0.2, 0.25) is 5.02 Å². The largest absolute Gasteiger partial charge is 0.411 e. The number of rotatable bonds is 7. The van der Waals surface area contributed by atoms with Crippen molar-refractivity contribution < 1.29 is 9.21 Å². The van der Waals surface area contributed by atoms with Crippen LogP contribution in [0, 0.1) is 5.92 Å². The predicted molar refractivity (Wildman–Crippen MR) is 118 cm³/mol. The summed E-state index contributed by atoms with van der Waals surface area (Å²) in [5.41, 5.74) is 1.93. The van der Waals surface area contributed by atoms with Crippen molar-refractivity contribution in [1.82, 2.24) is 15.5 Å². The molecule has 1 saturated carbocycles. The van der Waals surface area contributed by atoms with Gasteiger partial charge in [0.25, 0.3) is 5.22 Å². The minimum atomic E-state index is -0.0407. The van der Waals surface area contributed by atoms with Gasteiger partial charge in [-0.1, -0.05) is 57.8 Å². The number of hydrogen-bond donors (Lipinski definition) is 1. The molecule has 0 bridgehead atoms. The van der Waals surface area contributed by atoms with Crippen molar-refractivity contribution in [2.45, 2.75) is 30.5 Å².